The van der Waals surface area contributed by atoms with Gasteiger partial charge in [-0.3, -0.25) is 9.78 Å². The van der Waals surface area contributed by atoms with E-state index >= 15 is 0 Å². The third-order valence-corrected chi connectivity index (χ3v) is 6.24. The first-order valence-electron chi connectivity index (χ1n) is 11.6. The number of hydrogen-bond acceptors (Lipinski definition) is 4. The molecule has 0 saturated heterocycles. The predicted octanol–water partition coefficient (Wildman–Crippen LogP) is 4.69. The Kier molecular flexibility index (Phi) is 5.75. The highest BCUT2D eigenvalue weighted by Crippen LogP contribution is 2.32. The number of aryl methyl sites for hydroxylation is 1. The predicted molar refractivity (Wildman–Crippen MR) is 136 cm³/mol. The number of aromatic nitrogens is 4. The molecule has 0 aliphatic carbocycles. The van der Waals surface area contributed by atoms with Crippen LogP contribution in [0.25, 0.3) is 32.8 Å². The lowest BCUT2D eigenvalue weighted by atomic mass is 10.0. The van der Waals surface area contributed by atoms with Gasteiger partial charge in [-0.2, -0.15) is 5.10 Å². The lowest BCUT2D eigenvalue weighted by Crippen LogP contribution is -2.22. The van der Waals surface area contributed by atoms with Crippen molar-refractivity contribution in [2.24, 2.45) is 13.0 Å². The highest BCUT2D eigenvalue weighted by Gasteiger charge is 2.21. The Hall–Kier alpha value is -3.77. The van der Waals surface area contributed by atoms with Crippen LogP contribution in [-0.4, -0.2) is 24.4 Å². The van der Waals surface area contributed by atoms with Gasteiger partial charge in [0.25, 0.3) is 5.56 Å². The standard InChI is InChI=1S/C28H28N4O2/c1-18(2)11-25-24-16-32(15-21-9-6-8-20-7-4-5-10-23(20)21)27(26(24)28(34)31(3)30-25)22-12-19(17-33)13-29-14-22/h4-10,12-14,16,18,33H,11,15,17H2,1-3H3. The molecule has 0 aliphatic heterocycles. The van der Waals surface area contributed by atoms with Crippen molar-refractivity contribution in [3.05, 3.63) is 94.3 Å². The number of aliphatic hydroxyl groups is 1. The fourth-order valence-corrected chi connectivity index (χ4v) is 4.72. The second kappa shape index (κ2) is 8.88. The van der Waals surface area contributed by atoms with Crippen LogP contribution >= 0.6 is 0 Å². The fraction of sp³-hybridized carbons (Fsp3) is 0.250. The van der Waals surface area contributed by atoms with Crippen molar-refractivity contribution in [3.63, 3.8) is 0 Å². The monoisotopic (exact) mass is 452 g/mol. The minimum atomic E-state index is -0.136. The van der Waals surface area contributed by atoms with Gasteiger partial charge < -0.3 is 9.67 Å². The molecule has 5 rings (SSSR count). The third-order valence-electron chi connectivity index (χ3n) is 6.24. The highest BCUT2D eigenvalue weighted by molar-refractivity contribution is 5.97. The molecular weight excluding hydrogens is 424 g/mol. The van der Waals surface area contributed by atoms with Crippen LogP contribution in [0.2, 0.25) is 0 Å². The van der Waals surface area contributed by atoms with E-state index in [0.29, 0.717) is 23.4 Å². The van der Waals surface area contributed by atoms with Gasteiger partial charge in [-0.05, 0) is 40.3 Å². The van der Waals surface area contributed by atoms with Crippen LogP contribution < -0.4 is 5.56 Å². The summed E-state index contributed by atoms with van der Waals surface area (Å²) in [7, 11) is 1.71. The van der Waals surface area contributed by atoms with Gasteiger partial charge >= 0.3 is 0 Å². The number of aliphatic hydroxyl groups excluding tert-OH is 1. The average molecular weight is 453 g/mol. The first-order chi connectivity index (χ1) is 16.5. The van der Waals surface area contributed by atoms with E-state index in [1.807, 2.05) is 18.2 Å². The number of pyridine rings is 1. The molecule has 0 unspecified atom stereocenters. The summed E-state index contributed by atoms with van der Waals surface area (Å²) >= 11 is 0. The molecule has 0 aliphatic rings. The number of nitrogens with zero attached hydrogens (tertiary/aromatic N) is 4. The number of rotatable bonds is 6. The van der Waals surface area contributed by atoms with Gasteiger partial charge in [0.1, 0.15) is 0 Å². The molecular formula is C28H28N4O2. The summed E-state index contributed by atoms with van der Waals surface area (Å²) in [6, 6.07) is 16.6. The van der Waals surface area contributed by atoms with Crippen molar-refractivity contribution in [1.82, 2.24) is 19.3 Å². The molecule has 0 radical (unpaired) electrons. The molecule has 0 bridgehead atoms. The van der Waals surface area contributed by atoms with Crippen molar-refractivity contribution in [2.45, 2.75) is 33.4 Å². The molecule has 1 N–H and O–H groups in total. The molecule has 6 heteroatoms. The first-order valence-corrected chi connectivity index (χ1v) is 11.6. The molecule has 172 valence electrons. The van der Waals surface area contributed by atoms with Gasteiger partial charge in [-0.15, -0.1) is 0 Å². The quantitative estimate of drug-likeness (QED) is 0.406. The van der Waals surface area contributed by atoms with E-state index in [9.17, 15) is 9.90 Å². The maximum absolute atomic E-state index is 13.4. The van der Waals surface area contributed by atoms with Crippen molar-refractivity contribution in [2.75, 3.05) is 0 Å². The Morgan fingerprint density at radius 3 is 2.62 bits per heavy atom. The number of benzene rings is 2. The van der Waals surface area contributed by atoms with Crippen molar-refractivity contribution >= 4 is 21.5 Å². The smallest absolute Gasteiger partial charge is 0.276 e. The first kappa shape index (κ1) is 22.0. The summed E-state index contributed by atoms with van der Waals surface area (Å²) in [4.78, 5) is 17.8. The summed E-state index contributed by atoms with van der Waals surface area (Å²) in [6.45, 7) is 4.79. The number of fused-ring (bicyclic) bond motifs is 2. The van der Waals surface area contributed by atoms with E-state index in [1.165, 1.54) is 21.0 Å². The van der Waals surface area contributed by atoms with Gasteiger partial charge in [0.2, 0.25) is 0 Å². The van der Waals surface area contributed by atoms with Crippen LogP contribution in [0, 0.1) is 5.92 Å². The summed E-state index contributed by atoms with van der Waals surface area (Å²) < 4.78 is 3.58. The Bertz CT molecular complexity index is 1560. The van der Waals surface area contributed by atoms with Gasteiger partial charge in [-0.25, -0.2) is 4.68 Å². The fourth-order valence-electron chi connectivity index (χ4n) is 4.72. The molecule has 5 aromatic rings. The maximum atomic E-state index is 13.4. The van der Waals surface area contributed by atoms with Crippen molar-refractivity contribution < 1.29 is 5.11 Å². The molecule has 3 aromatic heterocycles. The summed E-state index contributed by atoms with van der Waals surface area (Å²) in [5.41, 5.74) is 4.26. The normalized spacial score (nSPS) is 11.7. The van der Waals surface area contributed by atoms with Crippen LogP contribution in [0.5, 0.6) is 0 Å². The van der Waals surface area contributed by atoms with Gasteiger partial charge in [-0.1, -0.05) is 56.3 Å². The molecule has 34 heavy (non-hydrogen) atoms. The minimum absolute atomic E-state index is 0.110. The Labute approximate surface area is 198 Å². The van der Waals surface area contributed by atoms with E-state index in [2.05, 4.69) is 65.0 Å². The van der Waals surface area contributed by atoms with Crippen molar-refractivity contribution in [1.29, 1.82) is 0 Å². The third kappa shape index (κ3) is 3.90. The van der Waals surface area contributed by atoms with Gasteiger partial charge in [0.15, 0.2) is 0 Å². The average Bonchev–Trinajstić information content (AvgIpc) is 3.22. The van der Waals surface area contributed by atoms with Crippen molar-refractivity contribution in [3.8, 4) is 11.3 Å². The van der Waals surface area contributed by atoms with Crippen LogP contribution in [-0.2, 0) is 26.6 Å². The second-order valence-electron chi connectivity index (χ2n) is 9.25. The van der Waals surface area contributed by atoms with E-state index in [0.717, 1.165) is 28.8 Å². The lowest BCUT2D eigenvalue weighted by Gasteiger charge is -2.13. The molecule has 2 aromatic carbocycles. The zero-order valence-electron chi connectivity index (χ0n) is 19.7. The molecule has 0 amide bonds. The summed E-state index contributed by atoms with van der Waals surface area (Å²) in [6.07, 6.45) is 6.24. The Morgan fingerprint density at radius 2 is 1.82 bits per heavy atom. The number of hydrogen-bond donors (Lipinski definition) is 1. The van der Waals surface area contributed by atoms with Crippen LogP contribution in [0.3, 0.4) is 0 Å². The maximum Gasteiger partial charge on any atom is 0.276 e. The lowest BCUT2D eigenvalue weighted by molar-refractivity contribution is 0.281. The minimum Gasteiger partial charge on any atom is -0.392 e. The largest absolute Gasteiger partial charge is 0.392 e. The zero-order valence-corrected chi connectivity index (χ0v) is 19.7. The molecule has 3 heterocycles. The van der Waals surface area contributed by atoms with Gasteiger partial charge in [0.05, 0.1) is 23.4 Å². The molecule has 0 spiro atoms. The van der Waals surface area contributed by atoms with Crippen LogP contribution in [0.15, 0.2) is 71.9 Å². The highest BCUT2D eigenvalue weighted by atomic mass is 16.3. The topological polar surface area (TPSA) is 72.9 Å². The Morgan fingerprint density at radius 1 is 1.03 bits per heavy atom. The van der Waals surface area contributed by atoms with E-state index < -0.39 is 0 Å². The van der Waals surface area contributed by atoms with Gasteiger partial charge in [0, 0.05) is 43.1 Å². The van der Waals surface area contributed by atoms with Crippen LogP contribution in [0.1, 0.15) is 30.7 Å². The molecule has 0 saturated carbocycles. The van der Waals surface area contributed by atoms with E-state index in [1.54, 1.807) is 19.4 Å². The summed E-state index contributed by atoms with van der Waals surface area (Å²) in [5, 5.41) is 18.2. The zero-order chi connectivity index (χ0) is 23.8. The SMILES string of the molecule is CC(C)Cc1nn(C)c(=O)c2c(-c3cncc(CO)c3)n(Cc3cccc4ccccc34)cc12. The molecule has 0 fully saturated rings. The summed E-state index contributed by atoms with van der Waals surface area (Å²) in [5.74, 6) is 0.400. The van der Waals surface area contributed by atoms with E-state index in [-0.39, 0.29) is 12.2 Å². The Balaban J connectivity index is 1.81. The molecule has 6 nitrogen and oxygen atoms in total. The van der Waals surface area contributed by atoms with E-state index in [4.69, 9.17) is 0 Å². The second-order valence-corrected chi connectivity index (χ2v) is 9.25. The molecule has 0 atom stereocenters. The van der Waals surface area contributed by atoms with Crippen LogP contribution in [0.4, 0.5) is 0 Å².